The summed E-state index contributed by atoms with van der Waals surface area (Å²) in [7, 11) is 0. The van der Waals surface area contributed by atoms with Crippen LogP contribution in [0.5, 0.6) is 0 Å². The number of aliphatic hydroxyl groups is 1. The molecule has 10 nitrogen and oxygen atoms in total. The molecule has 0 radical (unpaired) electrons. The highest BCUT2D eigenvalue weighted by atomic mass is 16.6. The normalized spacial score (nSPS) is 13.1. The highest BCUT2D eigenvalue weighted by Crippen LogP contribution is 2.26. The minimum Gasteiger partial charge on any atom is -0.444 e. The SMILES string of the molecule is Cc1ccccc1C(C(=O)NC(C)C)N(CCO)C(=O)C(CCC(N)=O)NC(=O)OC(C)(C)C. The van der Waals surface area contributed by atoms with Crippen molar-refractivity contribution in [3.05, 3.63) is 35.4 Å². The maximum Gasteiger partial charge on any atom is 0.408 e. The fourth-order valence-electron chi connectivity index (χ4n) is 3.38. The van der Waals surface area contributed by atoms with Gasteiger partial charge in [0.25, 0.3) is 0 Å². The summed E-state index contributed by atoms with van der Waals surface area (Å²) in [6.45, 7) is 9.84. The Morgan fingerprint density at radius 2 is 1.74 bits per heavy atom. The molecule has 190 valence electrons. The standard InChI is InChI=1S/C24H38N4O6/c1-15(2)26-21(31)20(17-10-8-7-9-16(17)3)28(13-14-29)22(32)18(11-12-19(25)30)27-23(33)34-24(4,5)6/h7-10,15,18,20,29H,11-14H2,1-6H3,(H2,25,30)(H,26,31)(H,27,33). The lowest BCUT2D eigenvalue weighted by atomic mass is 9.97. The van der Waals surface area contributed by atoms with E-state index in [4.69, 9.17) is 10.5 Å². The van der Waals surface area contributed by atoms with Crippen molar-refractivity contribution in [2.75, 3.05) is 13.2 Å². The Balaban J connectivity index is 3.43. The van der Waals surface area contributed by atoms with E-state index < -0.39 is 48.1 Å². The lowest BCUT2D eigenvalue weighted by Crippen LogP contribution is -2.54. The van der Waals surface area contributed by atoms with Gasteiger partial charge in [-0.2, -0.15) is 0 Å². The van der Waals surface area contributed by atoms with E-state index in [1.54, 1.807) is 46.8 Å². The number of amides is 4. The van der Waals surface area contributed by atoms with Crippen LogP contribution in [0.4, 0.5) is 4.79 Å². The first-order valence-electron chi connectivity index (χ1n) is 11.3. The molecule has 0 saturated carbocycles. The molecule has 1 aromatic carbocycles. The smallest absolute Gasteiger partial charge is 0.408 e. The molecule has 0 saturated heterocycles. The third kappa shape index (κ3) is 9.38. The molecule has 0 aliphatic rings. The number of nitrogens with two attached hydrogens (primary N) is 1. The maximum absolute atomic E-state index is 13.7. The number of ether oxygens (including phenoxy) is 1. The third-order valence-electron chi connectivity index (χ3n) is 4.77. The van der Waals surface area contributed by atoms with Gasteiger partial charge in [-0.3, -0.25) is 14.4 Å². The van der Waals surface area contributed by atoms with Crippen LogP contribution in [0, 0.1) is 6.92 Å². The van der Waals surface area contributed by atoms with Crippen LogP contribution in [0.1, 0.15) is 64.6 Å². The van der Waals surface area contributed by atoms with Crippen molar-refractivity contribution in [1.29, 1.82) is 0 Å². The molecule has 10 heteroatoms. The van der Waals surface area contributed by atoms with E-state index in [0.717, 1.165) is 5.56 Å². The molecule has 34 heavy (non-hydrogen) atoms. The van der Waals surface area contributed by atoms with Crippen molar-refractivity contribution in [1.82, 2.24) is 15.5 Å². The predicted octanol–water partition coefficient (Wildman–Crippen LogP) is 1.54. The Morgan fingerprint density at radius 1 is 1.12 bits per heavy atom. The van der Waals surface area contributed by atoms with Crippen molar-refractivity contribution in [3.8, 4) is 0 Å². The summed E-state index contributed by atoms with van der Waals surface area (Å²) in [5.41, 5.74) is 5.81. The topological polar surface area (TPSA) is 151 Å². The van der Waals surface area contributed by atoms with Crippen molar-refractivity contribution in [2.45, 2.75) is 78.1 Å². The number of nitrogens with zero attached hydrogens (tertiary/aromatic N) is 1. The molecule has 1 rings (SSSR count). The Hall–Kier alpha value is -3.14. The molecule has 4 amide bonds. The predicted molar refractivity (Wildman–Crippen MR) is 128 cm³/mol. The average molecular weight is 479 g/mol. The second-order valence-corrected chi connectivity index (χ2v) is 9.38. The van der Waals surface area contributed by atoms with E-state index in [1.165, 1.54) is 4.90 Å². The van der Waals surface area contributed by atoms with E-state index in [1.807, 2.05) is 19.1 Å². The Labute approximate surface area is 201 Å². The van der Waals surface area contributed by atoms with Gasteiger partial charge in [-0.25, -0.2) is 4.79 Å². The molecule has 2 unspecified atom stereocenters. The maximum atomic E-state index is 13.7. The number of alkyl carbamates (subject to hydrolysis) is 1. The number of nitrogens with one attached hydrogen (secondary N) is 2. The van der Waals surface area contributed by atoms with Gasteiger partial charge in [0, 0.05) is 19.0 Å². The third-order valence-corrected chi connectivity index (χ3v) is 4.77. The number of aliphatic hydroxyl groups excluding tert-OH is 1. The van der Waals surface area contributed by atoms with E-state index in [0.29, 0.717) is 5.56 Å². The lowest BCUT2D eigenvalue weighted by molar-refractivity contribution is -0.143. The zero-order chi connectivity index (χ0) is 26.1. The molecule has 0 bridgehead atoms. The molecule has 0 aromatic heterocycles. The van der Waals surface area contributed by atoms with Crippen molar-refractivity contribution >= 4 is 23.8 Å². The monoisotopic (exact) mass is 478 g/mol. The van der Waals surface area contributed by atoms with Gasteiger partial charge in [0.2, 0.25) is 17.7 Å². The fraction of sp³-hybridized carbons (Fsp3) is 0.583. The van der Waals surface area contributed by atoms with E-state index in [-0.39, 0.29) is 25.4 Å². The van der Waals surface area contributed by atoms with Gasteiger partial charge in [0.15, 0.2) is 0 Å². The van der Waals surface area contributed by atoms with Crippen LogP contribution in [-0.4, -0.2) is 64.7 Å². The van der Waals surface area contributed by atoms with Gasteiger partial charge in [-0.05, 0) is 59.1 Å². The Bertz CT molecular complexity index is 865. The van der Waals surface area contributed by atoms with Crippen molar-refractivity contribution in [3.63, 3.8) is 0 Å². The summed E-state index contributed by atoms with van der Waals surface area (Å²) in [4.78, 5) is 52.0. The quantitative estimate of drug-likeness (QED) is 0.379. The summed E-state index contributed by atoms with van der Waals surface area (Å²) in [5.74, 6) is -1.73. The lowest BCUT2D eigenvalue weighted by Gasteiger charge is -2.35. The summed E-state index contributed by atoms with van der Waals surface area (Å²) in [5, 5.41) is 15.1. The highest BCUT2D eigenvalue weighted by Gasteiger charge is 2.36. The van der Waals surface area contributed by atoms with Crippen LogP contribution in [-0.2, 0) is 19.1 Å². The van der Waals surface area contributed by atoms with Gasteiger partial charge in [0.05, 0.1) is 6.61 Å². The van der Waals surface area contributed by atoms with Gasteiger partial charge < -0.3 is 31.1 Å². The second kappa shape index (κ2) is 12.9. The van der Waals surface area contributed by atoms with E-state index >= 15 is 0 Å². The number of hydrogen-bond acceptors (Lipinski definition) is 6. The number of aryl methyl sites for hydroxylation is 1. The molecule has 1 aromatic rings. The molecule has 0 aliphatic carbocycles. The molecule has 5 N–H and O–H groups in total. The summed E-state index contributed by atoms with van der Waals surface area (Å²) < 4.78 is 5.26. The van der Waals surface area contributed by atoms with Gasteiger partial charge in [-0.15, -0.1) is 0 Å². The molecule has 0 aliphatic heterocycles. The highest BCUT2D eigenvalue weighted by molar-refractivity contribution is 5.92. The minimum atomic E-state index is -1.20. The summed E-state index contributed by atoms with van der Waals surface area (Å²) in [6, 6.07) is 4.65. The van der Waals surface area contributed by atoms with Crippen molar-refractivity contribution in [2.24, 2.45) is 5.73 Å². The number of carbonyl (C=O) groups is 4. The molecule has 0 heterocycles. The molecule has 2 atom stereocenters. The summed E-state index contributed by atoms with van der Waals surface area (Å²) >= 11 is 0. The molecular weight excluding hydrogens is 440 g/mol. The largest absolute Gasteiger partial charge is 0.444 e. The van der Waals surface area contributed by atoms with E-state index in [9.17, 15) is 24.3 Å². The number of benzene rings is 1. The first kappa shape index (κ1) is 28.9. The molecule has 0 fully saturated rings. The fourth-order valence-corrected chi connectivity index (χ4v) is 3.38. The number of rotatable bonds is 11. The zero-order valence-corrected chi connectivity index (χ0v) is 20.9. The average Bonchev–Trinajstić information content (AvgIpc) is 2.69. The second-order valence-electron chi connectivity index (χ2n) is 9.38. The zero-order valence-electron chi connectivity index (χ0n) is 20.9. The summed E-state index contributed by atoms with van der Waals surface area (Å²) in [6.07, 6.45) is -1.12. The van der Waals surface area contributed by atoms with Crippen LogP contribution in [0.15, 0.2) is 24.3 Å². The van der Waals surface area contributed by atoms with Gasteiger partial charge in [-0.1, -0.05) is 24.3 Å². The Morgan fingerprint density at radius 3 is 2.24 bits per heavy atom. The number of primary amides is 1. The van der Waals surface area contributed by atoms with Crippen LogP contribution < -0.4 is 16.4 Å². The number of carbonyl (C=O) groups excluding carboxylic acids is 4. The first-order valence-corrected chi connectivity index (χ1v) is 11.3. The first-order chi connectivity index (χ1) is 15.8. The molecular formula is C24H38N4O6. The van der Waals surface area contributed by atoms with Crippen molar-refractivity contribution < 1.29 is 29.0 Å². The van der Waals surface area contributed by atoms with E-state index in [2.05, 4.69) is 10.6 Å². The van der Waals surface area contributed by atoms with Gasteiger partial charge >= 0.3 is 6.09 Å². The minimum absolute atomic E-state index is 0.0956. The van der Waals surface area contributed by atoms with Gasteiger partial charge in [0.1, 0.15) is 17.7 Å². The van der Waals surface area contributed by atoms with Crippen LogP contribution in [0.3, 0.4) is 0 Å². The van der Waals surface area contributed by atoms with Crippen LogP contribution in [0.25, 0.3) is 0 Å². The number of hydrogen-bond donors (Lipinski definition) is 4. The molecule has 0 spiro atoms. The Kier molecular flexibility index (Phi) is 11.0. The van der Waals surface area contributed by atoms with Crippen LogP contribution in [0.2, 0.25) is 0 Å². The van der Waals surface area contributed by atoms with Crippen LogP contribution >= 0.6 is 0 Å².